The molecule has 0 aliphatic carbocycles. The number of carbonyl (C=O) groups excluding carboxylic acids is 1. The predicted molar refractivity (Wildman–Crippen MR) is 144 cm³/mol. The summed E-state index contributed by atoms with van der Waals surface area (Å²) in [5, 5.41) is 2.95. The summed E-state index contributed by atoms with van der Waals surface area (Å²) in [6.07, 6.45) is 1.52. The van der Waals surface area contributed by atoms with Crippen LogP contribution in [0.4, 0.5) is 5.69 Å². The van der Waals surface area contributed by atoms with Crippen LogP contribution in [-0.2, 0) is 27.9 Å². The first-order valence-electron chi connectivity index (χ1n) is 12.7. The van der Waals surface area contributed by atoms with E-state index >= 15 is 0 Å². The van der Waals surface area contributed by atoms with Gasteiger partial charge in [-0.3, -0.25) is 14.0 Å². The molecule has 2 aliphatic heterocycles. The van der Waals surface area contributed by atoms with E-state index < -0.39 is 16.1 Å². The average molecular weight is 520 g/mol. The third-order valence-electron chi connectivity index (χ3n) is 6.95. The Morgan fingerprint density at radius 2 is 1.65 bits per heavy atom. The Morgan fingerprint density at radius 1 is 0.946 bits per heavy atom. The monoisotopic (exact) mass is 519 g/mol. The fourth-order valence-corrected chi connectivity index (χ4v) is 6.37. The number of fused-ring (bicyclic) bond motifs is 1. The van der Waals surface area contributed by atoms with Crippen molar-refractivity contribution >= 4 is 21.6 Å². The third-order valence-corrected chi connectivity index (χ3v) is 8.74. The van der Waals surface area contributed by atoms with Gasteiger partial charge in [0.15, 0.2) is 6.10 Å². The summed E-state index contributed by atoms with van der Waals surface area (Å²) >= 11 is 0. The minimum Gasteiger partial charge on any atom is -0.476 e. The lowest BCUT2D eigenvalue weighted by Gasteiger charge is -2.35. The summed E-state index contributed by atoms with van der Waals surface area (Å²) in [5.41, 5.74) is 4.55. The molecule has 2 heterocycles. The van der Waals surface area contributed by atoms with E-state index in [-0.39, 0.29) is 17.3 Å². The lowest BCUT2D eigenvalue weighted by atomic mass is 10.1. The number of nitrogens with zero attached hydrogens (tertiary/aromatic N) is 2. The zero-order chi connectivity index (χ0) is 26.0. The number of hydrogen-bond donors (Lipinski definition) is 1. The number of anilines is 1. The lowest BCUT2D eigenvalue weighted by molar-refractivity contribution is -0.127. The van der Waals surface area contributed by atoms with Crippen molar-refractivity contribution in [3.63, 3.8) is 0 Å². The maximum atomic E-state index is 13.6. The number of likely N-dealkylation sites (tertiary alicyclic amines) is 1. The van der Waals surface area contributed by atoms with Crippen molar-refractivity contribution in [2.24, 2.45) is 0 Å². The van der Waals surface area contributed by atoms with Crippen LogP contribution in [0.2, 0.25) is 0 Å². The molecule has 37 heavy (non-hydrogen) atoms. The molecule has 5 rings (SSSR count). The van der Waals surface area contributed by atoms with Gasteiger partial charge in [0, 0.05) is 13.1 Å². The van der Waals surface area contributed by atoms with Crippen LogP contribution in [0, 0.1) is 13.8 Å². The Bertz CT molecular complexity index is 1380. The van der Waals surface area contributed by atoms with Crippen LogP contribution in [0.1, 0.15) is 35.1 Å². The summed E-state index contributed by atoms with van der Waals surface area (Å²) in [5.74, 6) is 0.0283. The topological polar surface area (TPSA) is 79.0 Å². The number of carbonyl (C=O) groups is 1. The predicted octanol–water partition coefficient (Wildman–Crippen LogP) is 4.17. The van der Waals surface area contributed by atoms with Crippen LogP contribution < -0.4 is 14.4 Å². The van der Waals surface area contributed by atoms with Crippen molar-refractivity contribution in [3.05, 3.63) is 89.0 Å². The summed E-state index contributed by atoms with van der Waals surface area (Å²) in [6.45, 7) is 7.22. The number of ether oxygens (including phenoxy) is 1. The summed E-state index contributed by atoms with van der Waals surface area (Å²) in [7, 11) is -3.89. The number of amides is 1. The number of rotatable bonds is 7. The second kappa shape index (κ2) is 10.6. The summed E-state index contributed by atoms with van der Waals surface area (Å²) < 4.78 is 34.6. The minimum atomic E-state index is -3.89. The van der Waals surface area contributed by atoms with E-state index in [4.69, 9.17) is 4.74 Å². The van der Waals surface area contributed by atoms with Crippen molar-refractivity contribution in [2.75, 3.05) is 23.9 Å². The number of aryl methyl sites for hydroxylation is 2. The fourth-order valence-electron chi connectivity index (χ4n) is 4.90. The molecule has 194 valence electrons. The van der Waals surface area contributed by atoms with Gasteiger partial charge in [-0.15, -0.1) is 0 Å². The van der Waals surface area contributed by atoms with Gasteiger partial charge >= 0.3 is 0 Å². The highest BCUT2D eigenvalue weighted by Gasteiger charge is 2.37. The van der Waals surface area contributed by atoms with E-state index in [1.807, 2.05) is 32.0 Å². The highest BCUT2D eigenvalue weighted by atomic mass is 32.2. The Hall–Kier alpha value is -3.36. The SMILES string of the molecule is Cc1ccc(S(=O)(=O)N2C[C@H](C(=O)NCc3cccc(CN4CCCC4)c3)Oc3ccc(C)cc32)cc1. The molecule has 0 spiro atoms. The first-order valence-corrected chi connectivity index (χ1v) is 14.2. The van der Waals surface area contributed by atoms with E-state index in [0.29, 0.717) is 18.0 Å². The molecule has 3 aromatic carbocycles. The van der Waals surface area contributed by atoms with Gasteiger partial charge in [-0.1, -0.05) is 48.0 Å². The zero-order valence-electron chi connectivity index (χ0n) is 21.3. The van der Waals surface area contributed by atoms with Crippen molar-refractivity contribution in [1.82, 2.24) is 10.2 Å². The van der Waals surface area contributed by atoms with E-state index in [0.717, 1.165) is 36.3 Å². The normalized spacial score (nSPS) is 17.8. The molecule has 1 saturated heterocycles. The van der Waals surface area contributed by atoms with Crippen LogP contribution in [-0.4, -0.2) is 45.0 Å². The van der Waals surface area contributed by atoms with E-state index in [1.54, 1.807) is 36.4 Å². The van der Waals surface area contributed by atoms with Gasteiger partial charge in [-0.2, -0.15) is 0 Å². The van der Waals surface area contributed by atoms with Gasteiger partial charge in [0.1, 0.15) is 5.75 Å². The molecule has 8 heteroatoms. The third kappa shape index (κ3) is 5.65. The van der Waals surface area contributed by atoms with E-state index in [1.165, 1.54) is 22.7 Å². The largest absolute Gasteiger partial charge is 0.476 e. The van der Waals surface area contributed by atoms with Gasteiger partial charge in [0.2, 0.25) is 0 Å². The van der Waals surface area contributed by atoms with Gasteiger partial charge in [-0.05, 0) is 80.7 Å². The van der Waals surface area contributed by atoms with Crippen LogP contribution in [0.25, 0.3) is 0 Å². The molecule has 1 amide bonds. The van der Waals surface area contributed by atoms with Crippen molar-refractivity contribution in [1.29, 1.82) is 0 Å². The molecule has 0 aromatic heterocycles. The number of sulfonamides is 1. The summed E-state index contributed by atoms with van der Waals surface area (Å²) in [6, 6.07) is 20.3. The molecular weight excluding hydrogens is 486 g/mol. The van der Waals surface area contributed by atoms with Crippen molar-refractivity contribution in [2.45, 2.75) is 50.8 Å². The molecule has 7 nitrogen and oxygen atoms in total. The van der Waals surface area contributed by atoms with E-state index in [9.17, 15) is 13.2 Å². The second-order valence-electron chi connectivity index (χ2n) is 9.95. The summed E-state index contributed by atoms with van der Waals surface area (Å²) in [4.78, 5) is 15.8. The first kappa shape index (κ1) is 25.3. The number of hydrogen-bond acceptors (Lipinski definition) is 5. The Morgan fingerprint density at radius 3 is 2.41 bits per heavy atom. The Kier molecular flexibility index (Phi) is 7.22. The highest BCUT2D eigenvalue weighted by molar-refractivity contribution is 7.92. The fraction of sp³-hybridized carbons (Fsp3) is 0.345. The van der Waals surface area contributed by atoms with E-state index in [2.05, 4.69) is 22.3 Å². The molecule has 0 bridgehead atoms. The lowest BCUT2D eigenvalue weighted by Crippen LogP contribution is -2.50. The van der Waals surface area contributed by atoms with Gasteiger partial charge < -0.3 is 10.1 Å². The maximum Gasteiger partial charge on any atom is 0.264 e. The highest BCUT2D eigenvalue weighted by Crippen LogP contribution is 2.37. The number of nitrogens with one attached hydrogen (secondary N) is 1. The van der Waals surface area contributed by atoms with Gasteiger partial charge in [0.25, 0.3) is 15.9 Å². The molecular formula is C29H33N3O4S. The Labute approximate surface area is 219 Å². The maximum absolute atomic E-state index is 13.6. The average Bonchev–Trinajstić information content (AvgIpc) is 3.40. The molecule has 0 saturated carbocycles. The minimum absolute atomic E-state index is 0.104. The molecule has 1 atom stereocenters. The molecule has 2 aliphatic rings. The Balaban J connectivity index is 1.33. The first-order chi connectivity index (χ1) is 17.8. The zero-order valence-corrected chi connectivity index (χ0v) is 22.1. The molecule has 1 fully saturated rings. The van der Waals surface area contributed by atoms with Crippen LogP contribution in [0.3, 0.4) is 0 Å². The standard InChI is InChI=1S/C29H33N3O4S/c1-21-8-11-25(12-9-21)37(34,35)32-20-28(36-27-13-10-22(2)16-26(27)32)29(33)30-18-23-6-5-7-24(17-23)19-31-14-3-4-15-31/h5-13,16-17,28H,3-4,14-15,18-20H2,1-2H3,(H,30,33)/t28-/m1/s1. The molecule has 3 aromatic rings. The molecule has 0 radical (unpaired) electrons. The van der Waals surface area contributed by atoms with Crippen LogP contribution in [0.15, 0.2) is 71.6 Å². The molecule has 1 N–H and O–H groups in total. The van der Waals surface area contributed by atoms with Crippen LogP contribution >= 0.6 is 0 Å². The van der Waals surface area contributed by atoms with Crippen molar-refractivity contribution in [3.8, 4) is 5.75 Å². The second-order valence-corrected chi connectivity index (χ2v) is 11.8. The van der Waals surface area contributed by atoms with Gasteiger partial charge in [-0.25, -0.2) is 8.42 Å². The van der Waals surface area contributed by atoms with Gasteiger partial charge in [0.05, 0.1) is 17.1 Å². The van der Waals surface area contributed by atoms with Crippen molar-refractivity contribution < 1.29 is 17.9 Å². The number of benzene rings is 3. The van der Waals surface area contributed by atoms with Crippen LogP contribution in [0.5, 0.6) is 5.75 Å². The molecule has 0 unspecified atom stereocenters. The quantitative estimate of drug-likeness (QED) is 0.507. The smallest absolute Gasteiger partial charge is 0.264 e.